The number of carbonyl (C=O) groups is 1. The number of aliphatic hydroxyl groups excluding tert-OH is 2. The molecule has 0 aromatic heterocycles. The van der Waals surface area contributed by atoms with Crippen molar-refractivity contribution in [1.29, 1.82) is 0 Å². The van der Waals surface area contributed by atoms with Crippen LogP contribution in [-0.2, 0) is 9.53 Å². The molecule has 0 aliphatic rings. The molecule has 96 valence electrons. The van der Waals surface area contributed by atoms with Crippen LogP contribution in [0.3, 0.4) is 0 Å². The van der Waals surface area contributed by atoms with E-state index in [-0.39, 0.29) is 19.0 Å². The highest BCUT2D eigenvalue weighted by Gasteiger charge is 2.11. The maximum atomic E-state index is 11.0. The van der Waals surface area contributed by atoms with Gasteiger partial charge in [0.1, 0.15) is 0 Å². The number of esters is 1. The summed E-state index contributed by atoms with van der Waals surface area (Å²) in [6, 6.07) is 0. The summed E-state index contributed by atoms with van der Waals surface area (Å²) in [5.74, 6) is -0.0139. The Morgan fingerprint density at radius 2 is 2.12 bits per heavy atom. The second-order valence-corrected chi connectivity index (χ2v) is 3.94. The Hall–Kier alpha value is -0.650. The van der Waals surface area contributed by atoms with Crippen molar-refractivity contribution >= 4 is 5.97 Å². The molecule has 0 spiro atoms. The van der Waals surface area contributed by atoms with Gasteiger partial charge in [-0.2, -0.15) is 0 Å². The lowest BCUT2D eigenvalue weighted by molar-refractivity contribution is -0.145. The molecule has 2 atom stereocenters. The number of ether oxygens (including phenoxy) is 1. The van der Waals surface area contributed by atoms with E-state index in [9.17, 15) is 9.90 Å². The summed E-state index contributed by atoms with van der Waals surface area (Å²) in [4.78, 5) is 11.0. The Balaban J connectivity index is 3.49. The molecule has 0 saturated heterocycles. The van der Waals surface area contributed by atoms with E-state index in [1.807, 2.05) is 6.92 Å². The predicted molar refractivity (Wildman–Crippen MR) is 61.0 cm³/mol. The molecule has 0 aromatic carbocycles. The summed E-state index contributed by atoms with van der Waals surface area (Å²) in [7, 11) is 0. The summed E-state index contributed by atoms with van der Waals surface area (Å²) in [5.41, 5.74) is 0. The second kappa shape index (κ2) is 9.57. The minimum absolute atomic E-state index is 0.0230. The van der Waals surface area contributed by atoms with Gasteiger partial charge in [0.15, 0.2) is 0 Å². The van der Waals surface area contributed by atoms with Crippen LogP contribution in [0.5, 0.6) is 0 Å². The van der Waals surface area contributed by atoms with Crippen molar-refractivity contribution in [3.63, 3.8) is 0 Å². The van der Waals surface area contributed by atoms with E-state index < -0.39 is 6.10 Å². The molecular formula is C11H23NO4. The first-order chi connectivity index (χ1) is 7.60. The topological polar surface area (TPSA) is 78.8 Å². The average Bonchev–Trinajstić information content (AvgIpc) is 2.18. The van der Waals surface area contributed by atoms with Crippen LogP contribution in [0.1, 0.15) is 26.7 Å². The lowest BCUT2D eigenvalue weighted by Gasteiger charge is -2.14. The molecule has 0 amide bonds. The number of carbonyl (C=O) groups excluding carboxylic acids is 1. The molecule has 0 aromatic rings. The zero-order chi connectivity index (χ0) is 12.4. The molecular weight excluding hydrogens is 210 g/mol. The summed E-state index contributed by atoms with van der Waals surface area (Å²) in [5, 5.41) is 21.2. The molecule has 0 fully saturated rings. The summed E-state index contributed by atoms with van der Waals surface area (Å²) >= 11 is 0. The Bertz CT molecular complexity index is 187. The van der Waals surface area contributed by atoms with Crippen molar-refractivity contribution in [2.45, 2.75) is 32.8 Å². The maximum absolute atomic E-state index is 11.0. The molecule has 5 nitrogen and oxygen atoms in total. The first-order valence-electron chi connectivity index (χ1n) is 5.75. The molecule has 2 unspecified atom stereocenters. The Labute approximate surface area is 96.8 Å². The molecule has 3 N–H and O–H groups in total. The van der Waals surface area contributed by atoms with Crippen molar-refractivity contribution < 1.29 is 19.7 Å². The fourth-order valence-electron chi connectivity index (χ4n) is 1.30. The van der Waals surface area contributed by atoms with Crippen LogP contribution >= 0.6 is 0 Å². The third-order valence-corrected chi connectivity index (χ3v) is 2.20. The minimum Gasteiger partial charge on any atom is -0.466 e. The standard InChI is InChI=1S/C11H23NO4/c1-3-16-11(15)6-10(14)8-12-7-9(2)4-5-13/h9-10,12-14H,3-8H2,1-2H3. The van der Waals surface area contributed by atoms with Gasteiger partial charge >= 0.3 is 5.97 Å². The molecule has 0 rings (SSSR count). The zero-order valence-electron chi connectivity index (χ0n) is 10.1. The fraction of sp³-hybridized carbons (Fsp3) is 0.909. The van der Waals surface area contributed by atoms with Crippen LogP contribution in [0.4, 0.5) is 0 Å². The van der Waals surface area contributed by atoms with Gasteiger partial charge in [0, 0.05) is 13.2 Å². The quantitative estimate of drug-likeness (QED) is 0.485. The highest BCUT2D eigenvalue weighted by atomic mass is 16.5. The van der Waals surface area contributed by atoms with E-state index in [2.05, 4.69) is 5.32 Å². The third-order valence-electron chi connectivity index (χ3n) is 2.20. The molecule has 0 bridgehead atoms. The van der Waals surface area contributed by atoms with Gasteiger partial charge in [-0.05, 0) is 25.8 Å². The predicted octanol–water partition coefficient (Wildman–Crippen LogP) is -0.0914. The van der Waals surface area contributed by atoms with Gasteiger partial charge in [-0.3, -0.25) is 4.79 Å². The van der Waals surface area contributed by atoms with E-state index in [1.54, 1.807) is 6.92 Å². The third kappa shape index (κ3) is 8.64. The van der Waals surface area contributed by atoms with Crippen molar-refractivity contribution in [2.24, 2.45) is 5.92 Å². The lowest BCUT2D eigenvalue weighted by atomic mass is 10.1. The number of hydrogen-bond acceptors (Lipinski definition) is 5. The smallest absolute Gasteiger partial charge is 0.308 e. The van der Waals surface area contributed by atoms with Crippen LogP contribution in [0, 0.1) is 5.92 Å². The first kappa shape index (κ1) is 15.3. The molecule has 0 saturated carbocycles. The normalized spacial score (nSPS) is 14.5. The van der Waals surface area contributed by atoms with E-state index >= 15 is 0 Å². The van der Waals surface area contributed by atoms with Crippen LogP contribution in [0.25, 0.3) is 0 Å². The van der Waals surface area contributed by atoms with Crippen molar-refractivity contribution in [3.05, 3.63) is 0 Å². The van der Waals surface area contributed by atoms with Crippen LogP contribution in [0.15, 0.2) is 0 Å². The van der Waals surface area contributed by atoms with E-state index in [0.717, 1.165) is 13.0 Å². The summed E-state index contributed by atoms with van der Waals surface area (Å²) in [6.45, 7) is 5.36. The zero-order valence-corrected chi connectivity index (χ0v) is 10.1. The molecule has 0 aliphatic carbocycles. The molecule has 0 aliphatic heterocycles. The average molecular weight is 233 g/mol. The van der Waals surface area contributed by atoms with Crippen molar-refractivity contribution in [3.8, 4) is 0 Å². The van der Waals surface area contributed by atoms with Crippen molar-refractivity contribution in [1.82, 2.24) is 5.32 Å². The molecule has 0 radical (unpaired) electrons. The van der Waals surface area contributed by atoms with E-state index in [1.165, 1.54) is 0 Å². The van der Waals surface area contributed by atoms with Crippen LogP contribution in [0.2, 0.25) is 0 Å². The van der Waals surface area contributed by atoms with Crippen molar-refractivity contribution in [2.75, 3.05) is 26.3 Å². The Kier molecular flexibility index (Phi) is 9.18. The molecule has 5 heteroatoms. The Morgan fingerprint density at radius 3 is 2.69 bits per heavy atom. The van der Waals surface area contributed by atoms with Gasteiger partial charge in [-0.25, -0.2) is 0 Å². The highest BCUT2D eigenvalue weighted by molar-refractivity contribution is 5.69. The number of rotatable bonds is 9. The number of aliphatic hydroxyl groups is 2. The molecule has 0 heterocycles. The van der Waals surface area contributed by atoms with Crippen LogP contribution in [-0.4, -0.2) is 48.6 Å². The highest BCUT2D eigenvalue weighted by Crippen LogP contribution is 1.99. The lowest BCUT2D eigenvalue weighted by Crippen LogP contribution is -2.32. The van der Waals surface area contributed by atoms with Gasteiger partial charge < -0.3 is 20.3 Å². The monoisotopic (exact) mass is 233 g/mol. The van der Waals surface area contributed by atoms with Gasteiger partial charge in [0.2, 0.25) is 0 Å². The van der Waals surface area contributed by atoms with E-state index in [0.29, 0.717) is 19.1 Å². The Morgan fingerprint density at radius 1 is 1.44 bits per heavy atom. The number of hydrogen-bond donors (Lipinski definition) is 3. The maximum Gasteiger partial charge on any atom is 0.308 e. The summed E-state index contributed by atoms with van der Waals surface area (Å²) in [6.07, 6.45) is 0.0521. The van der Waals surface area contributed by atoms with Gasteiger partial charge in [-0.15, -0.1) is 0 Å². The molecule has 16 heavy (non-hydrogen) atoms. The van der Waals surface area contributed by atoms with Gasteiger partial charge in [0.25, 0.3) is 0 Å². The van der Waals surface area contributed by atoms with Crippen LogP contribution < -0.4 is 5.32 Å². The number of nitrogens with one attached hydrogen (secondary N) is 1. The van der Waals surface area contributed by atoms with E-state index in [4.69, 9.17) is 9.84 Å². The minimum atomic E-state index is -0.708. The SMILES string of the molecule is CCOC(=O)CC(O)CNCC(C)CCO. The van der Waals surface area contributed by atoms with Gasteiger partial charge in [0.05, 0.1) is 19.1 Å². The second-order valence-electron chi connectivity index (χ2n) is 3.94. The summed E-state index contributed by atoms with van der Waals surface area (Å²) < 4.78 is 4.72. The van der Waals surface area contributed by atoms with Gasteiger partial charge in [-0.1, -0.05) is 6.92 Å². The fourth-order valence-corrected chi connectivity index (χ4v) is 1.30. The largest absolute Gasteiger partial charge is 0.466 e. The first-order valence-corrected chi connectivity index (χ1v) is 5.75.